The molecule has 5 heteroatoms. The Kier molecular flexibility index (Phi) is 5.33. The SMILES string of the molecule is COc1ccc(CN=C2NC(C)=C(C)C(N)(C3CCCCC3)N2)cc1. The van der Waals surface area contributed by atoms with Crippen LogP contribution in [0.25, 0.3) is 0 Å². The van der Waals surface area contributed by atoms with Crippen molar-refractivity contribution in [3.05, 3.63) is 41.1 Å². The second kappa shape index (κ2) is 7.48. The third-order valence-corrected chi connectivity index (χ3v) is 5.64. The van der Waals surface area contributed by atoms with Crippen LogP contribution in [0, 0.1) is 5.92 Å². The molecule has 0 bridgehead atoms. The minimum Gasteiger partial charge on any atom is -0.497 e. The van der Waals surface area contributed by atoms with Gasteiger partial charge < -0.3 is 21.1 Å². The number of hydrogen-bond donors (Lipinski definition) is 3. The molecule has 0 aromatic heterocycles. The van der Waals surface area contributed by atoms with Gasteiger partial charge in [-0.3, -0.25) is 0 Å². The first-order chi connectivity index (χ1) is 12.0. The number of aliphatic imine (C=N–C) groups is 1. The van der Waals surface area contributed by atoms with Gasteiger partial charge in [0.25, 0.3) is 0 Å². The number of ether oxygens (including phenoxy) is 1. The number of allylic oxidation sites excluding steroid dienone is 1. The number of benzene rings is 1. The van der Waals surface area contributed by atoms with Crippen molar-refractivity contribution in [1.82, 2.24) is 10.6 Å². The number of nitrogens with two attached hydrogens (primary N) is 1. The van der Waals surface area contributed by atoms with Crippen LogP contribution >= 0.6 is 0 Å². The summed E-state index contributed by atoms with van der Waals surface area (Å²) in [6.07, 6.45) is 6.22. The van der Waals surface area contributed by atoms with Gasteiger partial charge in [0.15, 0.2) is 5.96 Å². The van der Waals surface area contributed by atoms with Crippen LogP contribution in [0.15, 0.2) is 40.5 Å². The van der Waals surface area contributed by atoms with E-state index >= 15 is 0 Å². The van der Waals surface area contributed by atoms with Gasteiger partial charge in [0, 0.05) is 5.70 Å². The van der Waals surface area contributed by atoms with Gasteiger partial charge in [-0.15, -0.1) is 0 Å². The lowest BCUT2D eigenvalue weighted by Gasteiger charge is -2.45. The van der Waals surface area contributed by atoms with Gasteiger partial charge in [0.1, 0.15) is 11.4 Å². The van der Waals surface area contributed by atoms with Crippen LogP contribution in [0.4, 0.5) is 0 Å². The lowest BCUT2D eigenvalue weighted by Crippen LogP contribution is -2.67. The van der Waals surface area contributed by atoms with Gasteiger partial charge in [-0.2, -0.15) is 0 Å². The average molecular weight is 342 g/mol. The fourth-order valence-electron chi connectivity index (χ4n) is 3.85. The van der Waals surface area contributed by atoms with Gasteiger partial charge >= 0.3 is 0 Å². The Morgan fingerprint density at radius 1 is 1.16 bits per heavy atom. The molecule has 0 spiro atoms. The molecule has 0 amide bonds. The van der Waals surface area contributed by atoms with E-state index in [1.807, 2.05) is 24.3 Å². The van der Waals surface area contributed by atoms with Crippen molar-refractivity contribution in [3.8, 4) is 5.75 Å². The summed E-state index contributed by atoms with van der Waals surface area (Å²) < 4.78 is 5.20. The van der Waals surface area contributed by atoms with Gasteiger partial charge in [0.05, 0.1) is 13.7 Å². The highest BCUT2D eigenvalue weighted by molar-refractivity contribution is 5.84. The second-order valence-corrected chi connectivity index (χ2v) is 7.22. The van der Waals surface area contributed by atoms with E-state index in [2.05, 4.69) is 24.5 Å². The van der Waals surface area contributed by atoms with Crippen molar-refractivity contribution in [1.29, 1.82) is 0 Å². The minimum absolute atomic E-state index is 0.462. The van der Waals surface area contributed by atoms with Crippen LogP contribution in [0.1, 0.15) is 51.5 Å². The molecule has 1 fully saturated rings. The normalized spacial score (nSPS) is 26.3. The summed E-state index contributed by atoms with van der Waals surface area (Å²) in [4.78, 5) is 4.72. The Morgan fingerprint density at radius 2 is 1.84 bits per heavy atom. The first-order valence-electron chi connectivity index (χ1n) is 9.22. The summed E-state index contributed by atoms with van der Waals surface area (Å²) in [5, 5.41) is 6.87. The molecule has 5 nitrogen and oxygen atoms in total. The Morgan fingerprint density at radius 3 is 2.48 bits per heavy atom. The predicted octanol–water partition coefficient (Wildman–Crippen LogP) is 3.27. The van der Waals surface area contributed by atoms with Crippen LogP contribution in [0.5, 0.6) is 5.75 Å². The second-order valence-electron chi connectivity index (χ2n) is 7.22. The standard InChI is InChI=1S/C20H30N4O/c1-14-15(2)23-19(22-13-16-9-11-18(25-3)12-10-16)24-20(14,21)17-7-5-4-6-8-17/h9-12,17H,4-8,13,21H2,1-3H3,(H2,22,23,24). The van der Waals surface area contributed by atoms with Crippen molar-refractivity contribution in [2.75, 3.05) is 7.11 Å². The topological polar surface area (TPSA) is 71.7 Å². The zero-order valence-electron chi connectivity index (χ0n) is 15.6. The number of rotatable bonds is 4. The summed E-state index contributed by atoms with van der Waals surface area (Å²) in [6, 6.07) is 8.00. The predicted molar refractivity (Wildman–Crippen MR) is 102 cm³/mol. The van der Waals surface area contributed by atoms with Gasteiger partial charge in [-0.1, -0.05) is 31.4 Å². The number of hydrogen-bond acceptors (Lipinski definition) is 3. The van der Waals surface area contributed by atoms with Crippen LogP contribution < -0.4 is 21.1 Å². The highest BCUT2D eigenvalue weighted by atomic mass is 16.5. The Hall–Kier alpha value is -2.01. The van der Waals surface area contributed by atoms with Gasteiger partial charge in [-0.25, -0.2) is 4.99 Å². The summed E-state index contributed by atoms with van der Waals surface area (Å²) in [5.74, 6) is 2.09. The lowest BCUT2D eigenvalue weighted by atomic mass is 9.76. The molecule has 3 rings (SSSR count). The molecular weight excluding hydrogens is 312 g/mol. The van der Waals surface area contributed by atoms with Crippen molar-refractivity contribution in [2.45, 2.75) is 58.2 Å². The molecule has 25 heavy (non-hydrogen) atoms. The Labute approximate surface area is 150 Å². The molecule has 1 unspecified atom stereocenters. The number of nitrogens with one attached hydrogen (secondary N) is 2. The highest BCUT2D eigenvalue weighted by Gasteiger charge is 2.41. The molecule has 136 valence electrons. The third-order valence-electron chi connectivity index (χ3n) is 5.64. The molecule has 4 N–H and O–H groups in total. The van der Waals surface area contributed by atoms with E-state index < -0.39 is 5.66 Å². The molecular formula is C20H30N4O. The summed E-state index contributed by atoms with van der Waals surface area (Å²) in [6.45, 7) is 4.82. The zero-order chi connectivity index (χ0) is 17.9. The smallest absolute Gasteiger partial charge is 0.197 e. The molecule has 1 aromatic rings. The lowest BCUT2D eigenvalue weighted by molar-refractivity contribution is 0.215. The molecule has 1 aromatic carbocycles. The largest absolute Gasteiger partial charge is 0.497 e. The van der Waals surface area contributed by atoms with E-state index in [1.54, 1.807) is 7.11 Å². The molecule has 1 aliphatic carbocycles. The fourth-order valence-corrected chi connectivity index (χ4v) is 3.85. The van der Waals surface area contributed by atoms with E-state index in [0.717, 1.165) is 23.0 Å². The molecule has 1 saturated carbocycles. The van der Waals surface area contributed by atoms with E-state index in [9.17, 15) is 0 Å². The van der Waals surface area contributed by atoms with Crippen molar-refractivity contribution in [2.24, 2.45) is 16.6 Å². The molecule has 0 radical (unpaired) electrons. The van der Waals surface area contributed by atoms with Crippen LogP contribution in [0.2, 0.25) is 0 Å². The van der Waals surface area contributed by atoms with Gasteiger partial charge in [0.2, 0.25) is 0 Å². The third kappa shape index (κ3) is 3.82. The van der Waals surface area contributed by atoms with E-state index in [0.29, 0.717) is 12.5 Å². The number of nitrogens with zero attached hydrogens (tertiary/aromatic N) is 1. The highest BCUT2D eigenvalue weighted by Crippen LogP contribution is 2.35. The van der Waals surface area contributed by atoms with Crippen molar-refractivity contribution >= 4 is 5.96 Å². The molecule has 2 aliphatic rings. The summed E-state index contributed by atoms with van der Waals surface area (Å²) >= 11 is 0. The molecule has 1 aliphatic heterocycles. The Bertz CT molecular complexity index is 659. The number of methoxy groups -OCH3 is 1. The van der Waals surface area contributed by atoms with Crippen LogP contribution in [0.3, 0.4) is 0 Å². The Balaban J connectivity index is 1.76. The van der Waals surface area contributed by atoms with E-state index in [1.165, 1.54) is 37.7 Å². The molecule has 0 saturated heterocycles. The zero-order valence-corrected chi connectivity index (χ0v) is 15.6. The fraction of sp³-hybridized carbons (Fsp3) is 0.550. The van der Waals surface area contributed by atoms with Crippen LogP contribution in [-0.2, 0) is 6.54 Å². The molecule has 1 atom stereocenters. The van der Waals surface area contributed by atoms with Crippen molar-refractivity contribution < 1.29 is 4.74 Å². The maximum absolute atomic E-state index is 6.86. The van der Waals surface area contributed by atoms with Crippen LogP contribution in [-0.4, -0.2) is 18.7 Å². The maximum atomic E-state index is 6.86. The average Bonchev–Trinajstić information content (AvgIpc) is 2.65. The number of guanidine groups is 1. The van der Waals surface area contributed by atoms with Gasteiger partial charge in [-0.05, 0) is 55.9 Å². The first-order valence-corrected chi connectivity index (χ1v) is 9.22. The molecule has 1 heterocycles. The summed E-state index contributed by atoms with van der Waals surface area (Å²) in [7, 11) is 1.68. The minimum atomic E-state index is -0.492. The maximum Gasteiger partial charge on any atom is 0.197 e. The van der Waals surface area contributed by atoms with Crippen molar-refractivity contribution in [3.63, 3.8) is 0 Å². The van der Waals surface area contributed by atoms with E-state index in [-0.39, 0.29) is 0 Å². The van der Waals surface area contributed by atoms with E-state index in [4.69, 9.17) is 15.5 Å². The summed E-state index contributed by atoms with van der Waals surface area (Å²) in [5.41, 5.74) is 9.82. The monoisotopic (exact) mass is 342 g/mol. The first kappa shape index (κ1) is 17.8. The quantitative estimate of drug-likeness (QED) is 0.785.